The van der Waals surface area contributed by atoms with Gasteiger partial charge in [0.05, 0.1) is 21.6 Å². The molecular formula is C23H27N3O4S2. The van der Waals surface area contributed by atoms with Gasteiger partial charge in [-0.05, 0) is 36.8 Å². The molecule has 4 rings (SSSR count). The molecule has 0 aromatic heterocycles. The van der Waals surface area contributed by atoms with Crippen molar-refractivity contribution in [1.82, 2.24) is 4.90 Å². The number of nitrogens with one attached hydrogen (secondary N) is 1. The summed E-state index contributed by atoms with van der Waals surface area (Å²) in [6.07, 6.45) is 0.654. The fourth-order valence-corrected chi connectivity index (χ4v) is 6.22. The smallest absolute Gasteiger partial charge is 0.237 e. The molecule has 2 heterocycles. The zero-order valence-corrected chi connectivity index (χ0v) is 19.6. The van der Waals surface area contributed by atoms with Crippen molar-refractivity contribution in [2.45, 2.75) is 34.8 Å². The Balaban J connectivity index is 1.34. The average Bonchev–Trinajstić information content (AvgIpc) is 2.82. The van der Waals surface area contributed by atoms with Crippen LogP contribution < -0.4 is 10.2 Å². The number of carbonyl (C=O) groups excluding carboxylic acids is 2. The van der Waals surface area contributed by atoms with Crippen LogP contribution in [0.3, 0.4) is 0 Å². The maximum Gasteiger partial charge on any atom is 0.237 e. The van der Waals surface area contributed by atoms with E-state index in [9.17, 15) is 18.0 Å². The van der Waals surface area contributed by atoms with Crippen molar-refractivity contribution < 1.29 is 18.0 Å². The summed E-state index contributed by atoms with van der Waals surface area (Å²) in [5.41, 5.74) is 1.65. The molecule has 0 aliphatic carbocycles. The van der Waals surface area contributed by atoms with Crippen LogP contribution in [0.1, 0.15) is 19.8 Å². The molecule has 1 atom stereocenters. The van der Waals surface area contributed by atoms with E-state index in [1.165, 1.54) is 17.8 Å². The van der Waals surface area contributed by atoms with Gasteiger partial charge in [-0.1, -0.05) is 25.1 Å². The van der Waals surface area contributed by atoms with Gasteiger partial charge in [-0.2, -0.15) is 0 Å². The Morgan fingerprint density at radius 2 is 1.81 bits per heavy atom. The number of rotatable bonds is 6. The molecule has 32 heavy (non-hydrogen) atoms. The molecule has 1 saturated heterocycles. The maximum absolute atomic E-state index is 12.8. The van der Waals surface area contributed by atoms with Crippen molar-refractivity contribution in [2.24, 2.45) is 0 Å². The van der Waals surface area contributed by atoms with Gasteiger partial charge in [0.2, 0.25) is 11.8 Å². The van der Waals surface area contributed by atoms with Gasteiger partial charge >= 0.3 is 0 Å². The second-order valence-electron chi connectivity index (χ2n) is 7.93. The molecule has 170 valence electrons. The Kier molecular flexibility index (Phi) is 6.76. The fourth-order valence-electron chi connectivity index (χ4n) is 3.94. The van der Waals surface area contributed by atoms with E-state index in [0.29, 0.717) is 25.2 Å². The van der Waals surface area contributed by atoms with Gasteiger partial charge in [-0.25, -0.2) is 8.42 Å². The number of hydrogen-bond acceptors (Lipinski definition) is 6. The molecule has 0 bridgehead atoms. The Hall–Kier alpha value is -2.52. The van der Waals surface area contributed by atoms with Crippen molar-refractivity contribution in [1.29, 1.82) is 0 Å². The molecular weight excluding hydrogens is 446 g/mol. The summed E-state index contributed by atoms with van der Waals surface area (Å²) >= 11 is 1.45. The largest absolute Gasteiger partial charge is 0.368 e. The number of hydrogen-bond donors (Lipinski definition) is 1. The Bertz CT molecular complexity index is 1100. The summed E-state index contributed by atoms with van der Waals surface area (Å²) in [6.45, 7) is 4.55. The number of nitrogens with zero attached hydrogens (tertiary/aromatic N) is 2. The number of benzene rings is 2. The van der Waals surface area contributed by atoms with Crippen molar-refractivity contribution in [3.05, 3.63) is 48.5 Å². The molecule has 2 aromatic rings. The van der Waals surface area contributed by atoms with E-state index in [1.807, 2.05) is 37.3 Å². The van der Waals surface area contributed by atoms with Crippen LogP contribution in [0.5, 0.6) is 0 Å². The van der Waals surface area contributed by atoms with Gasteiger partial charge in [0.1, 0.15) is 0 Å². The minimum Gasteiger partial charge on any atom is -0.368 e. The van der Waals surface area contributed by atoms with E-state index in [0.717, 1.165) is 23.7 Å². The molecule has 2 aliphatic rings. The number of sulfone groups is 1. The Labute approximate surface area is 193 Å². The van der Waals surface area contributed by atoms with E-state index in [-0.39, 0.29) is 34.1 Å². The first kappa shape index (κ1) is 22.7. The summed E-state index contributed by atoms with van der Waals surface area (Å²) < 4.78 is 25.7. The second kappa shape index (κ2) is 9.54. The normalized spacial score (nSPS) is 18.8. The monoisotopic (exact) mass is 473 g/mol. The number of fused-ring (bicyclic) bond motifs is 1. The summed E-state index contributed by atoms with van der Waals surface area (Å²) in [5.74, 6) is -0.499. The second-order valence-corrected chi connectivity index (χ2v) is 11.3. The number of carbonyl (C=O) groups is 2. The third-order valence-electron chi connectivity index (χ3n) is 5.84. The lowest BCUT2D eigenvalue weighted by atomic mass is 10.2. The van der Waals surface area contributed by atoms with Crippen LogP contribution in [-0.2, 0) is 19.4 Å². The molecule has 0 radical (unpaired) electrons. The van der Waals surface area contributed by atoms with E-state index in [4.69, 9.17) is 0 Å². The van der Waals surface area contributed by atoms with Crippen LogP contribution in [0.25, 0.3) is 0 Å². The first-order chi connectivity index (χ1) is 15.4. The SMILES string of the molecule is CCC1Sc2ccc(S(=O)(=O)CCC(=O)N3CCN(c4ccccc4)CC3)cc2NC1=O. The van der Waals surface area contributed by atoms with Crippen LogP contribution in [0.2, 0.25) is 0 Å². The van der Waals surface area contributed by atoms with Gasteiger partial charge in [0.25, 0.3) is 0 Å². The molecule has 1 fully saturated rings. The number of amides is 2. The van der Waals surface area contributed by atoms with Crippen molar-refractivity contribution >= 4 is 44.8 Å². The highest BCUT2D eigenvalue weighted by Gasteiger charge is 2.28. The summed E-state index contributed by atoms with van der Waals surface area (Å²) in [4.78, 5) is 29.7. The van der Waals surface area contributed by atoms with Crippen molar-refractivity contribution in [3.8, 4) is 0 Å². The molecule has 9 heteroatoms. The van der Waals surface area contributed by atoms with Gasteiger partial charge in [0, 0.05) is 43.2 Å². The van der Waals surface area contributed by atoms with Crippen LogP contribution in [-0.4, -0.2) is 62.3 Å². The van der Waals surface area contributed by atoms with Crippen LogP contribution in [0.15, 0.2) is 58.3 Å². The highest BCUT2D eigenvalue weighted by atomic mass is 32.2. The lowest BCUT2D eigenvalue weighted by molar-refractivity contribution is -0.131. The molecule has 0 spiro atoms. The van der Waals surface area contributed by atoms with Gasteiger partial charge in [-0.3, -0.25) is 9.59 Å². The number of para-hydroxylation sites is 1. The molecule has 2 aliphatic heterocycles. The van der Waals surface area contributed by atoms with Crippen molar-refractivity contribution in [3.63, 3.8) is 0 Å². The highest BCUT2D eigenvalue weighted by Crippen LogP contribution is 2.38. The lowest BCUT2D eigenvalue weighted by Crippen LogP contribution is -2.49. The quantitative estimate of drug-likeness (QED) is 0.694. The average molecular weight is 474 g/mol. The number of anilines is 2. The van der Waals surface area contributed by atoms with Crippen molar-refractivity contribution in [2.75, 3.05) is 42.1 Å². The summed E-state index contributed by atoms with van der Waals surface area (Å²) in [6, 6.07) is 14.9. The predicted molar refractivity (Wildman–Crippen MR) is 127 cm³/mol. The molecule has 1 unspecified atom stereocenters. The zero-order valence-electron chi connectivity index (χ0n) is 18.0. The number of thioether (sulfide) groups is 1. The van der Waals surface area contributed by atoms with E-state index < -0.39 is 9.84 Å². The lowest BCUT2D eigenvalue weighted by Gasteiger charge is -2.36. The van der Waals surface area contributed by atoms with E-state index >= 15 is 0 Å². The van der Waals surface area contributed by atoms with E-state index in [1.54, 1.807) is 17.0 Å². The topological polar surface area (TPSA) is 86.8 Å². The third kappa shape index (κ3) is 4.94. The molecule has 2 aromatic carbocycles. The Morgan fingerprint density at radius 3 is 2.50 bits per heavy atom. The molecule has 0 saturated carbocycles. The fraction of sp³-hybridized carbons (Fsp3) is 0.391. The van der Waals surface area contributed by atoms with Crippen LogP contribution in [0.4, 0.5) is 11.4 Å². The predicted octanol–water partition coefficient (Wildman–Crippen LogP) is 3.02. The first-order valence-corrected chi connectivity index (χ1v) is 13.3. The van der Waals surface area contributed by atoms with Crippen LogP contribution in [0, 0.1) is 0 Å². The van der Waals surface area contributed by atoms with Crippen LogP contribution >= 0.6 is 11.8 Å². The maximum atomic E-state index is 12.8. The molecule has 7 nitrogen and oxygen atoms in total. The third-order valence-corrected chi connectivity index (χ3v) is 8.99. The Morgan fingerprint density at radius 1 is 1.09 bits per heavy atom. The molecule has 1 N–H and O–H groups in total. The first-order valence-electron chi connectivity index (χ1n) is 10.8. The van der Waals surface area contributed by atoms with Gasteiger partial charge in [-0.15, -0.1) is 11.8 Å². The standard InChI is InChI=1S/C23H27N3O4S2/c1-2-20-23(28)24-19-16-18(8-9-21(19)31-20)32(29,30)15-10-22(27)26-13-11-25(12-14-26)17-6-4-3-5-7-17/h3-9,16,20H,2,10-15H2,1H3,(H,24,28). The van der Waals surface area contributed by atoms with E-state index in [2.05, 4.69) is 10.2 Å². The number of piperazine rings is 1. The highest BCUT2D eigenvalue weighted by molar-refractivity contribution is 8.01. The minimum atomic E-state index is -3.64. The minimum absolute atomic E-state index is 0.0518. The molecule has 2 amide bonds. The van der Waals surface area contributed by atoms with Gasteiger partial charge < -0.3 is 15.1 Å². The summed E-state index contributed by atoms with van der Waals surface area (Å²) in [5, 5.41) is 2.64. The zero-order chi connectivity index (χ0) is 22.7. The summed E-state index contributed by atoms with van der Waals surface area (Å²) in [7, 11) is -3.64. The van der Waals surface area contributed by atoms with Gasteiger partial charge in [0.15, 0.2) is 9.84 Å².